The van der Waals surface area contributed by atoms with E-state index in [-0.39, 0.29) is 30.2 Å². The Balaban J connectivity index is 2.23. The molecule has 0 spiro atoms. The second-order valence-corrected chi connectivity index (χ2v) is 7.10. The van der Waals surface area contributed by atoms with Crippen molar-refractivity contribution in [3.05, 3.63) is 23.6 Å². The van der Waals surface area contributed by atoms with E-state index in [4.69, 9.17) is 25.2 Å². The Bertz CT molecular complexity index is 995. The van der Waals surface area contributed by atoms with Crippen LogP contribution in [0.2, 0.25) is 0 Å². The van der Waals surface area contributed by atoms with E-state index >= 15 is 0 Å². The van der Waals surface area contributed by atoms with Crippen LogP contribution in [-0.2, 0) is 14.3 Å². The fourth-order valence-electron chi connectivity index (χ4n) is 3.63. The molecule has 166 valence electrons. The van der Waals surface area contributed by atoms with Gasteiger partial charge in [0.05, 0.1) is 19.8 Å². The zero-order valence-corrected chi connectivity index (χ0v) is 18.2. The first kappa shape index (κ1) is 22.6. The number of nitrogens with zero attached hydrogens (tertiary/aromatic N) is 3. The summed E-state index contributed by atoms with van der Waals surface area (Å²) in [5, 5.41) is 1.02. The fraction of sp³-hybridized carbons (Fsp3) is 0.500. The van der Waals surface area contributed by atoms with E-state index in [1.165, 1.54) is 19.1 Å². The molecule has 31 heavy (non-hydrogen) atoms. The van der Waals surface area contributed by atoms with Gasteiger partial charge in [-0.2, -0.15) is 0 Å². The molecular formula is C22H27N3O6. The number of furan rings is 1. The van der Waals surface area contributed by atoms with Gasteiger partial charge < -0.3 is 13.9 Å². The highest BCUT2D eigenvalue weighted by molar-refractivity contribution is 6.09. The maximum absolute atomic E-state index is 13.1. The van der Waals surface area contributed by atoms with Gasteiger partial charge in [0.15, 0.2) is 5.58 Å². The van der Waals surface area contributed by atoms with Gasteiger partial charge in [-0.25, -0.2) is 14.8 Å². The number of carbonyl (C=O) groups excluding carboxylic acids is 2. The van der Waals surface area contributed by atoms with Gasteiger partial charge in [0.1, 0.15) is 16.9 Å². The summed E-state index contributed by atoms with van der Waals surface area (Å²) in [4.78, 5) is 37.2. The molecule has 1 fully saturated rings. The molecule has 3 heterocycles. The number of hydroxylamine groups is 2. The highest BCUT2D eigenvalue weighted by Crippen LogP contribution is 2.37. The smallest absolute Gasteiger partial charge is 0.414 e. The first-order chi connectivity index (χ1) is 14.9. The summed E-state index contributed by atoms with van der Waals surface area (Å²) < 4.78 is 17.0. The molecule has 2 aromatic rings. The van der Waals surface area contributed by atoms with E-state index in [0.717, 1.165) is 11.5 Å². The Morgan fingerprint density at radius 3 is 2.77 bits per heavy atom. The molecule has 3 rings (SSSR count). The molecule has 0 saturated carbocycles. The number of hydrogen-bond donors (Lipinski definition) is 0. The Hall–Kier alpha value is -3.09. The van der Waals surface area contributed by atoms with Gasteiger partial charge in [-0.3, -0.25) is 14.5 Å². The van der Waals surface area contributed by atoms with Gasteiger partial charge in [-0.15, -0.1) is 6.42 Å². The van der Waals surface area contributed by atoms with Crippen molar-refractivity contribution in [2.75, 3.05) is 32.3 Å². The van der Waals surface area contributed by atoms with Crippen LogP contribution in [0.25, 0.3) is 11.1 Å². The maximum atomic E-state index is 13.1. The highest BCUT2D eigenvalue weighted by atomic mass is 16.7. The van der Waals surface area contributed by atoms with Crippen molar-refractivity contribution in [2.24, 2.45) is 0 Å². The summed E-state index contributed by atoms with van der Waals surface area (Å²) in [5.74, 6) is 1.84. The zero-order valence-electron chi connectivity index (χ0n) is 18.2. The largest absolute Gasteiger partial charge is 0.449 e. The Morgan fingerprint density at radius 2 is 2.13 bits per heavy atom. The number of pyridine rings is 1. The van der Waals surface area contributed by atoms with Crippen LogP contribution in [0.1, 0.15) is 49.4 Å². The molecular weight excluding hydrogens is 402 g/mol. The van der Waals surface area contributed by atoms with Crippen molar-refractivity contribution in [1.82, 2.24) is 10.0 Å². The first-order valence-corrected chi connectivity index (χ1v) is 10.2. The quantitative estimate of drug-likeness (QED) is 0.513. The predicted octanol–water partition coefficient (Wildman–Crippen LogP) is 3.36. The summed E-state index contributed by atoms with van der Waals surface area (Å²) in [6.07, 6.45) is 6.90. The van der Waals surface area contributed by atoms with E-state index in [0.29, 0.717) is 36.2 Å². The van der Waals surface area contributed by atoms with Crippen LogP contribution in [0.5, 0.6) is 0 Å². The van der Waals surface area contributed by atoms with Crippen LogP contribution in [0.15, 0.2) is 16.5 Å². The molecule has 2 aromatic heterocycles. The van der Waals surface area contributed by atoms with Crippen molar-refractivity contribution < 1.29 is 28.3 Å². The number of amides is 2. The number of terminal acetylenes is 1. The molecule has 2 unspecified atom stereocenters. The maximum Gasteiger partial charge on any atom is 0.414 e. The third-order valence-corrected chi connectivity index (χ3v) is 5.28. The van der Waals surface area contributed by atoms with E-state index in [1.54, 1.807) is 19.1 Å². The molecule has 0 radical (unpaired) electrons. The monoisotopic (exact) mass is 429 g/mol. The number of rotatable bonds is 6. The molecule has 2 atom stereocenters. The Kier molecular flexibility index (Phi) is 7.15. The van der Waals surface area contributed by atoms with Crippen LogP contribution in [0, 0.1) is 12.3 Å². The fourth-order valence-corrected chi connectivity index (χ4v) is 3.63. The minimum atomic E-state index is -0.589. The highest BCUT2D eigenvalue weighted by Gasteiger charge is 2.38. The number of aromatic nitrogens is 1. The standard InChI is InChI=1S/C22H27N3O6/c1-6-14-9-10-17-18(23-14)19(20(31-17)21(26)24(4)28-5)25(22(27)29-8-3)15-11-12-30-16(7-2)13-15/h1,9-10,15-16H,7-8,11-13H2,2-5H3. The lowest BCUT2D eigenvalue weighted by Crippen LogP contribution is -2.47. The number of fused-ring (bicyclic) bond motifs is 1. The average molecular weight is 429 g/mol. The third kappa shape index (κ3) is 4.50. The van der Waals surface area contributed by atoms with Gasteiger partial charge in [0.25, 0.3) is 0 Å². The van der Waals surface area contributed by atoms with Crippen molar-refractivity contribution in [2.45, 2.75) is 45.3 Å². The first-order valence-electron chi connectivity index (χ1n) is 10.2. The van der Waals surface area contributed by atoms with Crippen molar-refractivity contribution in [3.63, 3.8) is 0 Å². The average Bonchev–Trinajstić information content (AvgIpc) is 3.16. The number of ether oxygens (including phenoxy) is 2. The van der Waals surface area contributed by atoms with Gasteiger partial charge in [0.2, 0.25) is 5.76 Å². The molecule has 1 aliphatic rings. The van der Waals surface area contributed by atoms with Gasteiger partial charge >= 0.3 is 12.0 Å². The Labute approximate surface area is 181 Å². The van der Waals surface area contributed by atoms with Gasteiger partial charge in [-0.1, -0.05) is 12.8 Å². The molecule has 0 aromatic carbocycles. The van der Waals surface area contributed by atoms with Crippen molar-refractivity contribution in [3.8, 4) is 12.3 Å². The van der Waals surface area contributed by atoms with Gasteiger partial charge in [0, 0.05) is 19.7 Å². The lowest BCUT2D eigenvalue weighted by atomic mass is 9.99. The zero-order chi connectivity index (χ0) is 22.5. The summed E-state index contributed by atoms with van der Waals surface area (Å²) in [6.45, 7) is 4.41. The van der Waals surface area contributed by atoms with Crippen LogP contribution in [0.4, 0.5) is 10.5 Å². The predicted molar refractivity (Wildman–Crippen MR) is 114 cm³/mol. The number of carbonyl (C=O) groups is 2. The SMILES string of the molecule is C#Cc1ccc2oc(C(=O)N(C)OC)c(N(C(=O)OCC)C3CCOC(CC)C3)c2n1. The van der Waals surface area contributed by atoms with E-state index in [9.17, 15) is 9.59 Å². The normalized spacial score (nSPS) is 18.4. The van der Waals surface area contributed by atoms with Crippen molar-refractivity contribution in [1.29, 1.82) is 0 Å². The van der Waals surface area contributed by atoms with Crippen LogP contribution < -0.4 is 4.90 Å². The third-order valence-electron chi connectivity index (χ3n) is 5.28. The Morgan fingerprint density at radius 1 is 1.35 bits per heavy atom. The molecule has 0 aliphatic carbocycles. The lowest BCUT2D eigenvalue weighted by Gasteiger charge is -2.36. The minimum Gasteiger partial charge on any atom is -0.449 e. The van der Waals surface area contributed by atoms with Crippen LogP contribution in [-0.4, -0.2) is 61.6 Å². The van der Waals surface area contributed by atoms with E-state index in [1.807, 2.05) is 6.92 Å². The molecule has 1 aliphatic heterocycles. The topological polar surface area (TPSA) is 94.3 Å². The summed E-state index contributed by atoms with van der Waals surface area (Å²) in [5.41, 5.74) is 1.23. The summed E-state index contributed by atoms with van der Waals surface area (Å²) >= 11 is 0. The minimum absolute atomic E-state index is 0.0103. The molecule has 0 bridgehead atoms. The van der Waals surface area contributed by atoms with Crippen LogP contribution in [0.3, 0.4) is 0 Å². The molecule has 9 heteroatoms. The summed E-state index contributed by atoms with van der Waals surface area (Å²) in [6, 6.07) is 2.97. The molecule has 9 nitrogen and oxygen atoms in total. The van der Waals surface area contributed by atoms with Gasteiger partial charge in [-0.05, 0) is 38.3 Å². The summed E-state index contributed by atoms with van der Waals surface area (Å²) in [7, 11) is 2.82. The molecule has 2 amide bonds. The second kappa shape index (κ2) is 9.81. The van der Waals surface area contributed by atoms with Crippen molar-refractivity contribution >= 4 is 28.8 Å². The molecule has 1 saturated heterocycles. The van der Waals surface area contributed by atoms with E-state index < -0.39 is 12.0 Å². The van der Waals surface area contributed by atoms with Crippen LogP contribution >= 0.6 is 0 Å². The second-order valence-electron chi connectivity index (χ2n) is 7.10. The number of hydrogen-bond acceptors (Lipinski definition) is 7. The number of anilines is 1. The lowest BCUT2D eigenvalue weighted by molar-refractivity contribution is -0.0772. The molecule has 0 N–H and O–H groups in total. The van der Waals surface area contributed by atoms with E-state index in [2.05, 4.69) is 10.9 Å².